The van der Waals surface area contributed by atoms with Gasteiger partial charge in [0.2, 0.25) is 21.8 Å². The third-order valence-electron chi connectivity index (χ3n) is 5.31. The fraction of sp³-hybridized carbons (Fsp3) is 0.409. The van der Waals surface area contributed by atoms with Crippen LogP contribution in [0.2, 0.25) is 0 Å². The Bertz CT molecular complexity index is 1000. The van der Waals surface area contributed by atoms with Crippen LogP contribution in [-0.4, -0.2) is 60.7 Å². The summed E-state index contributed by atoms with van der Waals surface area (Å²) in [5.74, 6) is -0.425. The molecule has 1 saturated heterocycles. The first-order valence-corrected chi connectivity index (χ1v) is 13.3. The molecule has 2 aromatic rings. The quantitative estimate of drug-likeness (QED) is 0.575. The number of hydrogen-bond acceptors (Lipinski definition) is 6. The van der Waals surface area contributed by atoms with Gasteiger partial charge < -0.3 is 10.6 Å². The van der Waals surface area contributed by atoms with Crippen molar-refractivity contribution < 1.29 is 18.0 Å². The topological polar surface area (TPSA) is 108 Å². The average Bonchev–Trinajstić information content (AvgIpc) is 2.82. The lowest BCUT2D eigenvalue weighted by Gasteiger charge is -2.32. The summed E-state index contributed by atoms with van der Waals surface area (Å²) in [6, 6.07) is 11.0. The van der Waals surface area contributed by atoms with Crippen molar-refractivity contribution in [3.05, 3.63) is 54.9 Å². The molecule has 2 heterocycles. The molecule has 0 unspecified atom stereocenters. The fourth-order valence-corrected chi connectivity index (χ4v) is 5.59. The Morgan fingerprint density at radius 3 is 2.69 bits per heavy atom. The zero-order chi connectivity index (χ0) is 23.0. The lowest BCUT2D eigenvalue weighted by atomic mass is 9.98. The number of anilines is 1. The number of nitrogens with zero attached hydrogens (tertiary/aromatic N) is 2. The van der Waals surface area contributed by atoms with Crippen molar-refractivity contribution in [1.29, 1.82) is 0 Å². The molecule has 0 spiro atoms. The van der Waals surface area contributed by atoms with E-state index in [1.54, 1.807) is 66.6 Å². The van der Waals surface area contributed by atoms with E-state index in [0.717, 1.165) is 0 Å². The fourth-order valence-electron chi connectivity index (χ4n) is 3.58. The molecule has 2 atom stereocenters. The SMILES string of the molecule is CSCC[C@H](NC(=O)[C@H]1CCCN(S(=O)(=O)c2ccccc2)C1)C(=O)Nc1cccnc1. The van der Waals surface area contributed by atoms with Crippen LogP contribution in [0.1, 0.15) is 19.3 Å². The Balaban J connectivity index is 1.66. The number of carbonyl (C=O) groups is 2. The number of carbonyl (C=O) groups excluding carboxylic acids is 2. The molecule has 0 aliphatic carbocycles. The highest BCUT2D eigenvalue weighted by Crippen LogP contribution is 2.24. The molecule has 1 aliphatic heterocycles. The number of amides is 2. The van der Waals surface area contributed by atoms with E-state index in [2.05, 4.69) is 15.6 Å². The smallest absolute Gasteiger partial charge is 0.247 e. The maximum atomic E-state index is 13.0. The van der Waals surface area contributed by atoms with Gasteiger partial charge in [0.05, 0.1) is 22.7 Å². The summed E-state index contributed by atoms with van der Waals surface area (Å²) >= 11 is 1.59. The van der Waals surface area contributed by atoms with Crippen LogP contribution in [0.4, 0.5) is 5.69 Å². The standard InChI is InChI=1S/C22H28N4O4S2/c1-31-14-11-20(22(28)24-18-8-5-12-23-15-18)25-21(27)17-7-6-13-26(16-17)32(29,30)19-9-3-2-4-10-19/h2-5,8-10,12,15,17,20H,6-7,11,13-14,16H2,1H3,(H,24,28)(H,25,27)/t17-,20-/m0/s1. The molecule has 2 amide bonds. The predicted octanol–water partition coefficient (Wildman–Crippen LogP) is 2.36. The molecular weight excluding hydrogens is 448 g/mol. The number of hydrogen-bond donors (Lipinski definition) is 2. The molecule has 3 rings (SSSR count). The molecule has 2 N–H and O–H groups in total. The molecule has 10 heteroatoms. The van der Waals surface area contributed by atoms with Gasteiger partial charge in [0, 0.05) is 19.3 Å². The average molecular weight is 477 g/mol. The molecule has 0 saturated carbocycles. The van der Waals surface area contributed by atoms with Crippen molar-refractivity contribution in [2.45, 2.75) is 30.2 Å². The van der Waals surface area contributed by atoms with Gasteiger partial charge >= 0.3 is 0 Å². The molecule has 32 heavy (non-hydrogen) atoms. The second-order valence-electron chi connectivity index (χ2n) is 7.59. The minimum Gasteiger partial charge on any atom is -0.344 e. The van der Waals surface area contributed by atoms with Gasteiger partial charge in [-0.1, -0.05) is 18.2 Å². The monoisotopic (exact) mass is 476 g/mol. The summed E-state index contributed by atoms with van der Waals surface area (Å²) in [6.45, 7) is 0.473. The maximum Gasteiger partial charge on any atom is 0.247 e. The lowest BCUT2D eigenvalue weighted by molar-refractivity contribution is -0.130. The number of aromatic nitrogens is 1. The van der Waals surface area contributed by atoms with E-state index < -0.39 is 22.0 Å². The minimum atomic E-state index is -3.66. The first-order valence-electron chi connectivity index (χ1n) is 10.5. The van der Waals surface area contributed by atoms with Crippen molar-refractivity contribution in [1.82, 2.24) is 14.6 Å². The van der Waals surface area contributed by atoms with Crippen molar-refractivity contribution in [3.63, 3.8) is 0 Å². The van der Waals surface area contributed by atoms with E-state index in [1.807, 2.05) is 6.26 Å². The molecule has 1 aromatic heterocycles. The summed E-state index contributed by atoms with van der Waals surface area (Å²) in [6.07, 6.45) is 6.72. The molecular formula is C22H28N4O4S2. The highest BCUT2D eigenvalue weighted by Gasteiger charge is 2.34. The predicted molar refractivity (Wildman–Crippen MR) is 126 cm³/mol. The van der Waals surface area contributed by atoms with Gasteiger partial charge in [-0.25, -0.2) is 8.42 Å². The van der Waals surface area contributed by atoms with Crippen LogP contribution in [0.3, 0.4) is 0 Å². The molecule has 1 aromatic carbocycles. The number of benzene rings is 1. The number of nitrogens with one attached hydrogen (secondary N) is 2. The highest BCUT2D eigenvalue weighted by atomic mass is 32.2. The van der Waals surface area contributed by atoms with E-state index in [9.17, 15) is 18.0 Å². The van der Waals surface area contributed by atoms with E-state index in [4.69, 9.17) is 0 Å². The van der Waals surface area contributed by atoms with E-state index in [1.165, 1.54) is 4.31 Å². The van der Waals surface area contributed by atoms with E-state index >= 15 is 0 Å². The first-order chi connectivity index (χ1) is 15.4. The van der Waals surface area contributed by atoms with E-state index in [0.29, 0.717) is 37.2 Å². The van der Waals surface area contributed by atoms with Crippen molar-refractivity contribution in [3.8, 4) is 0 Å². The second kappa shape index (κ2) is 11.4. The summed E-state index contributed by atoms with van der Waals surface area (Å²) < 4.78 is 27.3. The zero-order valence-electron chi connectivity index (χ0n) is 17.9. The van der Waals surface area contributed by atoms with Crippen LogP contribution in [-0.2, 0) is 19.6 Å². The Hall–Kier alpha value is -2.43. The minimum absolute atomic E-state index is 0.0997. The van der Waals surface area contributed by atoms with Crippen LogP contribution in [0, 0.1) is 5.92 Å². The Morgan fingerprint density at radius 1 is 1.22 bits per heavy atom. The molecule has 0 bridgehead atoms. The highest BCUT2D eigenvalue weighted by molar-refractivity contribution is 7.98. The van der Waals surface area contributed by atoms with E-state index in [-0.39, 0.29) is 23.3 Å². The number of piperidine rings is 1. The number of rotatable bonds is 9. The van der Waals surface area contributed by atoms with Crippen molar-refractivity contribution >= 4 is 39.3 Å². The van der Waals surface area contributed by atoms with Crippen LogP contribution < -0.4 is 10.6 Å². The normalized spacial score (nSPS) is 18.0. The largest absolute Gasteiger partial charge is 0.344 e. The summed E-state index contributed by atoms with van der Waals surface area (Å²) in [5, 5.41) is 5.63. The number of pyridine rings is 1. The van der Waals surface area contributed by atoms with Crippen molar-refractivity contribution in [2.24, 2.45) is 5.92 Å². The number of sulfonamides is 1. The number of thioether (sulfide) groups is 1. The lowest BCUT2D eigenvalue weighted by Crippen LogP contribution is -2.50. The van der Waals surface area contributed by atoms with Gasteiger partial charge in [-0.2, -0.15) is 16.1 Å². The first kappa shape index (κ1) is 24.2. The third-order valence-corrected chi connectivity index (χ3v) is 7.83. The second-order valence-corrected chi connectivity index (χ2v) is 10.5. The zero-order valence-corrected chi connectivity index (χ0v) is 19.6. The Kier molecular flexibility index (Phi) is 8.66. The molecule has 8 nitrogen and oxygen atoms in total. The summed E-state index contributed by atoms with van der Waals surface area (Å²) in [4.78, 5) is 30.0. The van der Waals surface area contributed by atoms with Gasteiger partial charge in [-0.3, -0.25) is 14.6 Å². The Labute approximate surface area is 193 Å². The maximum absolute atomic E-state index is 13.0. The van der Waals surface area contributed by atoms with Crippen LogP contribution >= 0.6 is 11.8 Å². The summed E-state index contributed by atoms with van der Waals surface area (Å²) in [5.41, 5.74) is 0.554. The van der Waals surface area contributed by atoms with Crippen LogP contribution in [0.5, 0.6) is 0 Å². The Morgan fingerprint density at radius 2 is 2.00 bits per heavy atom. The van der Waals surface area contributed by atoms with Gasteiger partial charge in [-0.15, -0.1) is 0 Å². The summed E-state index contributed by atoms with van der Waals surface area (Å²) in [7, 11) is -3.66. The van der Waals surface area contributed by atoms with Crippen molar-refractivity contribution in [2.75, 3.05) is 30.4 Å². The molecule has 1 aliphatic rings. The molecule has 0 radical (unpaired) electrons. The molecule has 172 valence electrons. The van der Waals surface area contributed by atoms with Gasteiger partial charge in [0.25, 0.3) is 0 Å². The van der Waals surface area contributed by atoms with Gasteiger partial charge in [-0.05, 0) is 55.5 Å². The van der Waals surface area contributed by atoms with Crippen LogP contribution in [0.25, 0.3) is 0 Å². The van der Waals surface area contributed by atoms with Gasteiger partial charge in [0.1, 0.15) is 6.04 Å². The van der Waals surface area contributed by atoms with Gasteiger partial charge in [0.15, 0.2) is 0 Å². The molecule has 1 fully saturated rings. The van der Waals surface area contributed by atoms with Crippen LogP contribution in [0.15, 0.2) is 59.8 Å². The third kappa shape index (κ3) is 6.30.